The molecule has 0 saturated carbocycles. The van der Waals surface area contributed by atoms with E-state index in [9.17, 15) is 14.9 Å². The number of hydrogen-bond donors (Lipinski definition) is 1. The Morgan fingerprint density at radius 1 is 1.57 bits per heavy atom. The summed E-state index contributed by atoms with van der Waals surface area (Å²) in [4.78, 5) is 21.2. The lowest BCUT2D eigenvalue weighted by Gasteiger charge is -2.00. The number of carbonyl (C=O) groups is 1. The standard InChI is InChI=1S/C9H9NO4/c1-2-9(12)7-5-6(11)3-4-8(7)10(13)14/h3-5,11H,2H2,1H3. The maximum atomic E-state index is 11.3. The fourth-order valence-electron chi connectivity index (χ4n) is 1.10. The van der Waals surface area contributed by atoms with Crippen molar-refractivity contribution in [2.24, 2.45) is 0 Å². The number of nitro groups is 1. The average Bonchev–Trinajstić information content (AvgIpc) is 2.16. The van der Waals surface area contributed by atoms with Crippen molar-refractivity contribution >= 4 is 11.5 Å². The fourth-order valence-corrected chi connectivity index (χ4v) is 1.10. The molecule has 14 heavy (non-hydrogen) atoms. The summed E-state index contributed by atoms with van der Waals surface area (Å²) < 4.78 is 0. The number of nitrogens with zero attached hydrogens (tertiary/aromatic N) is 1. The lowest BCUT2D eigenvalue weighted by molar-refractivity contribution is -0.385. The lowest BCUT2D eigenvalue weighted by atomic mass is 10.1. The van der Waals surface area contributed by atoms with E-state index in [-0.39, 0.29) is 29.2 Å². The van der Waals surface area contributed by atoms with Gasteiger partial charge >= 0.3 is 0 Å². The minimum absolute atomic E-state index is 0.0440. The van der Waals surface area contributed by atoms with E-state index in [1.165, 1.54) is 6.07 Å². The fraction of sp³-hybridized carbons (Fsp3) is 0.222. The predicted molar refractivity (Wildman–Crippen MR) is 49.4 cm³/mol. The molecular formula is C9H9NO4. The van der Waals surface area contributed by atoms with Crippen LogP contribution in [0.2, 0.25) is 0 Å². The Kier molecular flexibility index (Phi) is 2.81. The highest BCUT2D eigenvalue weighted by Gasteiger charge is 2.18. The third kappa shape index (κ3) is 1.87. The number of ketones is 1. The summed E-state index contributed by atoms with van der Waals surface area (Å²) in [6.07, 6.45) is 0.171. The van der Waals surface area contributed by atoms with Gasteiger partial charge in [0.2, 0.25) is 0 Å². The molecule has 0 atom stereocenters. The minimum atomic E-state index is -0.637. The molecule has 0 amide bonds. The van der Waals surface area contributed by atoms with Crippen molar-refractivity contribution in [3.63, 3.8) is 0 Å². The van der Waals surface area contributed by atoms with Crippen molar-refractivity contribution in [2.75, 3.05) is 0 Å². The van der Waals surface area contributed by atoms with Crippen LogP contribution in [-0.4, -0.2) is 15.8 Å². The summed E-state index contributed by atoms with van der Waals surface area (Å²) in [7, 11) is 0. The number of carbonyl (C=O) groups excluding carboxylic acids is 1. The van der Waals surface area contributed by atoms with Crippen molar-refractivity contribution in [3.8, 4) is 5.75 Å². The molecule has 5 heteroatoms. The van der Waals surface area contributed by atoms with Crippen LogP contribution in [0.15, 0.2) is 18.2 Å². The molecule has 1 N–H and O–H groups in total. The van der Waals surface area contributed by atoms with Gasteiger partial charge in [0, 0.05) is 12.5 Å². The van der Waals surface area contributed by atoms with Crippen LogP contribution in [0.5, 0.6) is 5.75 Å². The highest BCUT2D eigenvalue weighted by molar-refractivity contribution is 5.99. The van der Waals surface area contributed by atoms with Crippen LogP contribution in [0.3, 0.4) is 0 Å². The van der Waals surface area contributed by atoms with Gasteiger partial charge in [-0.05, 0) is 12.1 Å². The third-order valence-corrected chi connectivity index (χ3v) is 1.80. The van der Waals surface area contributed by atoms with Gasteiger partial charge in [0.05, 0.1) is 10.5 Å². The Morgan fingerprint density at radius 2 is 2.21 bits per heavy atom. The van der Waals surface area contributed by atoms with Crippen molar-refractivity contribution in [1.82, 2.24) is 0 Å². The van der Waals surface area contributed by atoms with E-state index in [0.29, 0.717) is 0 Å². The van der Waals surface area contributed by atoms with Crippen LogP contribution in [0.25, 0.3) is 0 Å². The van der Waals surface area contributed by atoms with Gasteiger partial charge in [0.1, 0.15) is 5.75 Å². The molecule has 1 aromatic carbocycles. The number of phenols is 1. The second-order valence-corrected chi connectivity index (χ2v) is 2.74. The van der Waals surface area contributed by atoms with Crippen LogP contribution in [0.1, 0.15) is 23.7 Å². The average molecular weight is 195 g/mol. The van der Waals surface area contributed by atoms with E-state index in [1.54, 1.807) is 6.92 Å². The van der Waals surface area contributed by atoms with E-state index in [4.69, 9.17) is 5.11 Å². The SMILES string of the molecule is CCC(=O)c1cc(O)ccc1[N+](=O)[O-]. The molecule has 0 aliphatic carbocycles. The largest absolute Gasteiger partial charge is 0.508 e. The number of phenolic OH excluding ortho intramolecular Hbond substituents is 1. The molecule has 0 heterocycles. The van der Waals surface area contributed by atoms with Crippen LogP contribution in [0, 0.1) is 10.1 Å². The van der Waals surface area contributed by atoms with E-state index >= 15 is 0 Å². The molecule has 0 unspecified atom stereocenters. The van der Waals surface area contributed by atoms with Crippen LogP contribution >= 0.6 is 0 Å². The lowest BCUT2D eigenvalue weighted by Crippen LogP contribution is -2.02. The predicted octanol–water partition coefficient (Wildman–Crippen LogP) is 1.89. The second kappa shape index (κ2) is 3.87. The minimum Gasteiger partial charge on any atom is -0.508 e. The monoisotopic (exact) mass is 195 g/mol. The van der Waals surface area contributed by atoms with E-state index < -0.39 is 4.92 Å². The summed E-state index contributed by atoms with van der Waals surface area (Å²) in [6, 6.07) is 3.42. The maximum absolute atomic E-state index is 11.3. The first kappa shape index (κ1) is 10.2. The van der Waals surface area contributed by atoms with Gasteiger partial charge in [-0.15, -0.1) is 0 Å². The molecule has 0 radical (unpaired) electrons. The highest BCUT2D eigenvalue weighted by atomic mass is 16.6. The summed E-state index contributed by atoms with van der Waals surface area (Å²) >= 11 is 0. The zero-order valence-electron chi connectivity index (χ0n) is 7.56. The van der Waals surface area contributed by atoms with E-state index in [1.807, 2.05) is 0 Å². The number of Topliss-reactive ketones (excluding diaryl/α,β-unsaturated/α-hetero) is 1. The summed E-state index contributed by atoms with van der Waals surface area (Å²) in [5.41, 5.74) is -0.313. The molecule has 5 nitrogen and oxygen atoms in total. The Bertz CT molecular complexity index is 386. The van der Waals surface area contributed by atoms with Gasteiger partial charge < -0.3 is 5.11 Å². The quantitative estimate of drug-likeness (QED) is 0.453. The topological polar surface area (TPSA) is 80.4 Å². The highest BCUT2D eigenvalue weighted by Crippen LogP contribution is 2.24. The Balaban J connectivity index is 3.29. The molecule has 0 aliphatic heterocycles. The summed E-state index contributed by atoms with van der Waals surface area (Å²) in [5.74, 6) is -0.500. The summed E-state index contributed by atoms with van der Waals surface area (Å²) in [5, 5.41) is 19.6. The van der Waals surface area contributed by atoms with Gasteiger partial charge in [-0.25, -0.2) is 0 Å². The summed E-state index contributed by atoms with van der Waals surface area (Å²) in [6.45, 7) is 1.61. The normalized spacial score (nSPS) is 9.79. The molecule has 74 valence electrons. The van der Waals surface area contributed by atoms with Crippen molar-refractivity contribution in [1.29, 1.82) is 0 Å². The third-order valence-electron chi connectivity index (χ3n) is 1.80. The number of benzene rings is 1. The smallest absolute Gasteiger partial charge is 0.280 e. The molecule has 0 fully saturated rings. The van der Waals surface area contributed by atoms with Crippen LogP contribution < -0.4 is 0 Å². The number of hydrogen-bond acceptors (Lipinski definition) is 4. The number of nitro benzene ring substituents is 1. The van der Waals surface area contributed by atoms with E-state index in [2.05, 4.69) is 0 Å². The van der Waals surface area contributed by atoms with Crippen molar-refractivity contribution < 1.29 is 14.8 Å². The Labute approximate surface area is 80.1 Å². The van der Waals surface area contributed by atoms with E-state index in [0.717, 1.165) is 12.1 Å². The molecule has 1 aromatic rings. The van der Waals surface area contributed by atoms with Crippen molar-refractivity contribution in [3.05, 3.63) is 33.9 Å². The molecular weight excluding hydrogens is 186 g/mol. The Hall–Kier alpha value is -1.91. The first-order valence-electron chi connectivity index (χ1n) is 4.07. The number of rotatable bonds is 3. The Morgan fingerprint density at radius 3 is 2.71 bits per heavy atom. The van der Waals surface area contributed by atoms with Gasteiger partial charge in [0.15, 0.2) is 5.78 Å². The zero-order chi connectivity index (χ0) is 10.7. The maximum Gasteiger partial charge on any atom is 0.280 e. The van der Waals surface area contributed by atoms with Gasteiger partial charge in [-0.3, -0.25) is 14.9 Å². The first-order valence-corrected chi connectivity index (χ1v) is 4.07. The van der Waals surface area contributed by atoms with Crippen molar-refractivity contribution in [2.45, 2.75) is 13.3 Å². The second-order valence-electron chi connectivity index (χ2n) is 2.74. The molecule has 0 spiro atoms. The van der Waals surface area contributed by atoms with Crippen LogP contribution in [0.4, 0.5) is 5.69 Å². The van der Waals surface area contributed by atoms with Gasteiger partial charge in [-0.2, -0.15) is 0 Å². The number of aromatic hydroxyl groups is 1. The van der Waals surface area contributed by atoms with Gasteiger partial charge in [0.25, 0.3) is 5.69 Å². The molecule has 0 bridgehead atoms. The van der Waals surface area contributed by atoms with Gasteiger partial charge in [-0.1, -0.05) is 6.92 Å². The molecule has 0 aliphatic rings. The first-order chi connectivity index (χ1) is 6.56. The zero-order valence-corrected chi connectivity index (χ0v) is 7.56. The molecule has 0 aromatic heterocycles. The van der Waals surface area contributed by atoms with Crippen LogP contribution in [-0.2, 0) is 0 Å². The molecule has 0 saturated heterocycles. The molecule has 1 rings (SSSR count).